The van der Waals surface area contributed by atoms with Gasteiger partial charge in [-0.3, -0.25) is 0 Å². The van der Waals surface area contributed by atoms with Gasteiger partial charge in [0.2, 0.25) is 0 Å². The van der Waals surface area contributed by atoms with Gasteiger partial charge in [0.25, 0.3) is 0 Å². The zero-order valence-corrected chi connectivity index (χ0v) is 36.0. The Morgan fingerprint density at radius 2 is 1.11 bits per heavy atom. The summed E-state index contributed by atoms with van der Waals surface area (Å²) in [5.41, 5.74) is 15.2. The molecule has 0 amide bonds. The van der Waals surface area contributed by atoms with Crippen molar-refractivity contribution < 1.29 is 4.74 Å². The van der Waals surface area contributed by atoms with Crippen molar-refractivity contribution in [2.75, 3.05) is 4.90 Å². The minimum atomic E-state index is -0.00782. The van der Waals surface area contributed by atoms with Gasteiger partial charge in [0.1, 0.15) is 11.5 Å². The molecule has 0 N–H and O–H groups in total. The molecule has 13 rings (SSSR count). The number of para-hydroxylation sites is 2. The third-order valence-corrected chi connectivity index (χ3v) is 17.4. The molecule has 0 radical (unpaired) electrons. The molecule has 2 heteroatoms. The van der Waals surface area contributed by atoms with Crippen LogP contribution in [-0.2, 0) is 16.2 Å². The van der Waals surface area contributed by atoms with E-state index >= 15 is 0 Å². The molecule has 2 nitrogen and oxygen atoms in total. The smallest absolute Gasteiger partial charge is 0.131 e. The topological polar surface area (TPSA) is 12.5 Å². The van der Waals surface area contributed by atoms with Crippen LogP contribution in [-0.4, -0.2) is 0 Å². The van der Waals surface area contributed by atoms with E-state index in [2.05, 4.69) is 184 Å². The van der Waals surface area contributed by atoms with E-state index in [4.69, 9.17) is 4.74 Å². The molecule has 302 valence electrons. The van der Waals surface area contributed by atoms with Crippen molar-refractivity contribution in [3.63, 3.8) is 0 Å². The van der Waals surface area contributed by atoms with Gasteiger partial charge in [0.15, 0.2) is 0 Å². The molecule has 4 saturated carbocycles. The van der Waals surface area contributed by atoms with Crippen LogP contribution in [0.4, 0.5) is 17.1 Å². The Morgan fingerprint density at radius 3 is 1.92 bits per heavy atom. The Balaban J connectivity index is 0.997. The Bertz CT molecular complexity index is 2910. The molecule has 2 spiro atoms. The number of fused-ring (bicyclic) bond motifs is 10. The summed E-state index contributed by atoms with van der Waals surface area (Å²) in [5, 5.41) is 2.54. The minimum Gasteiger partial charge on any atom is -0.457 e. The van der Waals surface area contributed by atoms with E-state index in [1.807, 2.05) is 0 Å². The summed E-state index contributed by atoms with van der Waals surface area (Å²) in [7, 11) is 0. The Morgan fingerprint density at radius 1 is 0.475 bits per heavy atom. The second-order valence-corrected chi connectivity index (χ2v) is 21.3. The zero-order chi connectivity index (χ0) is 40.9. The first-order chi connectivity index (χ1) is 29.6. The van der Waals surface area contributed by atoms with Gasteiger partial charge < -0.3 is 9.64 Å². The van der Waals surface area contributed by atoms with Gasteiger partial charge >= 0.3 is 0 Å². The standard InChI is InChI=1S/C59H55NO/c1-56(2)27-28-57(3,4)49-33-43(21-25-47(49)56)46-13-7-9-15-51(46)60(44-22-19-40(20-23-44)42-18-17-39-11-5-6-12-41(39)32-42)45-24-26-53-50(34-45)59(48-14-8-10-16-52(48)61-53)54-30-37-29-38-31-55(59)58(54,35-37)36-38/h5-26,32-34,37-38,54-55H,27-31,35-36H2,1-4H3. The molecular weight excluding hydrogens is 739 g/mol. The SMILES string of the molecule is CC1(C)CCC(C)(C)c2cc(-c3ccccc3N(c3ccc(-c4ccc5ccccc5c4)cc3)c3ccc4c(c3)C3(c5ccccc5O4)C4CC5CC6CC3C4(C5)C6)ccc21. The van der Waals surface area contributed by atoms with Gasteiger partial charge in [-0.2, -0.15) is 0 Å². The largest absolute Gasteiger partial charge is 0.457 e. The van der Waals surface area contributed by atoms with E-state index < -0.39 is 0 Å². The lowest BCUT2D eigenvalue weighted by molar-refractivity contribution is -0.0882. The number of ether oxygens (including phenoxy) is 1. The highest BCUT2D eigenvalue weighted by atomic mass is 16.5. The van der Waals surface area contributed by atoms with Crippen LogP contribution in [0.5, 0.6) is 11.5 Å². The lowest BCUT2D eigenvalue weighted by Crippen LogP contribution is -2.64. The number of hydrogen-bond donors (Lipinski definition) is 0. The maximum absolute atomic E-state index is 6.95. The van der Waals surface area contributed by atoms with Crippen LogP contribution in [0.25, 0.3) is 33.0 Å². The van der Waals surface area contributed by atoms with Gasteiger partial charge in [0, 0.05) is 33.5 Å². The van der Waals surface area contributed by atoms with Crippen molar-refractivity contribution in [2.45, 2.75) is 88.9 Å². The Hall–Kier alpha value is -5.60. The van der Waals surface area contributed by atoms with Crippen LogP contribution >= 0.6 is 0 Å². The monoisotopic (exact) mass is 793 g/mol. The molecular formula is C59H55NO. The second-order valence-electron chi connectivity index (χ2n) is 21.3. The summed E-state index contributed by atoms with van der Waals surface area (Å²) in [6.45, 7) is 9.73. The molecule has 1 heterocycles. The normalized spacial score (nSPS) is 27.7. The average molecular weight is 794 g/mol. The predicted molar refractivity (Wildman–Crippen MR) is 252 cm³/mol. The van der Waals surface area contributed by atoms with E-state index in [-0.39, 0.29) is 16.2 Å². The van der Waals surface area contributed by atoms with Crippen LogP contribution < -0.4 is 9.64 Å². The maximum Gasteiger partial charge on any atom is 0.131 e. The van der Waals surface area contributed by atoms with Crippen LogP contribution in [0.2, 0.25) is 0 Å². The van der Waals surface area contributed by atoms with Gasteiger partial charge in [-0.25, -0.2) is 0 Å². The van der Waals surface area contributed by atoms with Gasteiger partial charge in [-0.1, -0.05) is 131 Å². The Labute approximate surface area is 361 Å². The number of benzene rings is 7. The third kappa shape index (κ3) is 4.97. The molecule has 1 aliphatic heterocycles. The molecule has 4 fully saturated rings. The molecule has 0 saturated heterocycles. The molecule has 4 atom stereocenters. The summed E-state index contributed by atoms with van der Waals surface area (Å²) in [4.78, 5) is 2.55. The van der Waals surface area contributed by atoms with Gasteiger partial charge in [-0.15, -0.1) is 0 Å². The van der Waals surface area contributed by atoms with Crippen molar-refractivity contribution >= 4 is 27.8 Å². The molecule has 4 unspecified atom stereocenters. The van der Waals surface area contributed by atoms with E-state index in [1.165, 1.54) is 112 Å². The van der Waals surface area contributed by atoms with Gasteiger partial charge in [-0.05, 0) is 172 Å². The summed E-state index contributed by atoms with van der Waals surface area (Å²) in [6.07, 6.45) is 9.46. The molecule has 7 aromatic rings. The first kappa shape index (κ1) is 36.1. The van der Waals surface area contributed by atoms with Crippen LogP contribution in [0.15, 0.2) is 152 Å². The lowest BCUT2D eigenvalue weighted by atomic mass is 9.37. The fourth-order valence-electron chi connectivity index (χ4n) is 14.8. The number of rotatable bonds is 5. The summed E-state index contributed by atoms with van der Waals surface area (Å²) >= 11 is 0. The molecule has 5 aliphatic carbocycles. The summed E-state index contributed by atoms with van der Waals surface area (Å²) in [5.74, 6) is 5.24. The Kier molecular flexibility index (Phi) is 7.40. The summed E-state index contributed by atoms with van der Waals surface area (Å²) in [6, 6.07) is 57.7. The first-order valence-corrected chi connectivity index (χ1v) is 23.2. The maximum atomic E-state index is 6.95. The highest BCUT2D eigenvalue weighted by molar-refractivity contribution is 5.91. The molecule has 0 aromatic heterocycles. The van der Waals surface area contributed by atoms with Gasteiger partial charge in [0.05, 0.1) is 5.69 Å². The highest BCUT2D eigenvalue weighted by Gasteiger charge is 2.79. The molecule has 61 heavy (non-hydrogen) atoms. The van der Waals surface area contributed by atoms with Crippen LogP contribution in [0, 0.1) is 29.1 Å². The first-order valence-electron chi connectivity index (χ1n) is 23.2. The number of hydrogen-bond acceptors (Lipinski definition) is 2. The van der Waals surface area contributed by atoms with E-state index in [0.29, 0.717) is 17.3 Å². The van der Waals surface area contributed by atoms with E-state index in [9.17, 15) is 0 Å². The van der Waals surface area contributed by atoms with Crippen LogP contribution in [0.1, 0.15) is 94.9 Å². The van der Waals surface area contributed by atoms with Crippen LogP contribution in [0.3, 0.4) is 0 Å². The van der Waals surface area contributed by atoms with E-state index in [0.717, 1.165) is 29.0 Å². The third-order valence-electron chi connectivity index (χ3n) is 17.4. The molecule has 3 bridgehead atoms. The summed E-state index contributed by atoms with van der Waals surface area (Å²) < 4.78 is 6.95. The van der Waals surface area contributed by atoms with Crippen molar-refractivity contribution in [3.05, 3.63) is 174 Å². The minimum absolute atomic E-state index is 0.00782. The van der Waals surface area contributed by atoms with Crippen molar-refractivity contribution in [1.29, 1.82) is 0 Å². The quantitative estimate of drug-likeness (QED) is 0.172. The number of anilines is 3. The molecule has 6 aliphatic rings. The number of nitrogens with zero attached hydrogens (tertiary/aromatic N) is 1. The predicted octanol–water partition coefficient (Wildman–Crippen LogP) is 15.8. The average Bonchev–Trinajstić information content (AvgIpc) is 3.68. The molecule has 7 aromatic carbocycles. The van der Waals surface area contributed by atoms with Crippen molar-refractivity contribution in [2.24, 2.45) is 29.1 Å². The van der Waals surface area contributed by atoms with E-state index in [1.54, 1.807) is 0 Å². The lowest BCUT2D eigenvalue weighted by Gasteiger charge is -2.66. The second kappa shape index (κ2) is 12.5. The van der Waals surface area contributed by atoms with Crippen molar-refractivity contribution in [1.82, 2.24) is 0 Å². The zero-order valence-electron chi connectivity index (χ0n) is 36.0. The fraction of sp³-hybridized carbons (Fsp3) is 0.322. The highest BCUT2D eigenvalue weighted by Crippen LogP contribution is 2.85. The fourth-order valence-corrected chi connectivity index (χ4v) is 14.8. The van der Waals surface area contributed by atoms with Crippen molar-refractivity contribution in [3.8, 4) is 33.8 Å².